The highest BCUT2D eigenvalue weighted by molar-refractivity contribution is 6.33. The maximum Gasteiger partial charge on any atom is 0.356 e. The number of halogens is 1. The van der Waals surface area contributed by atoms with Crippen LogP contribution in [0.4, 0.5) is 5.82 Å². The third kappa shape index (κ3) is 3.30. The first-order valence-electron chi connectivity index (χ1n) is 7.42. The van der Waals surface area contributed by atoms with Crippen LogP contribution in [0.5, 0.6) is 0 Å². The predicted molar refractivity (Wildman–Crippen MR) is 88.6 cm³/mol. The summed E-state index contributed by atoms with van der Waals surface area (Å²) in [6.45, 7) is 2.26. The van der Waals surface area contributed by atoms with E-state index in [1.165, 1.54) is 6.07 Å². The van der Waals surface area contributed by atoms with Crippen molar-refractivity contribution in [3.05, 3.63) is 52.7 Å². The molecule has 1 fully saturated rings. The summed E-state index contributed by atoms with van der Waals surface area (Å²) in [5.41, 5.74) is 0.407. The van der Waals surface area contributed by atoms with Crippen molar-refractivity contribution in [1.82, 2.24) is 15.1 Å². The van der Waals surface area contributed by atoms with Crippen LogP contribution in [0.2, 0.25) is 5.02 Å². The molecular weight excluding hydrogens is 332 g/mol. The molecule has 1 aliphatic heterocycles. The normalized spacial score (nSPS) is 14.5. The van der Waals surface area contributed by atoms with Crippen molar-refractivity contribution in [3.63, 3.8) is 0 Å². The molecule has 0 aliphatic carbocycles. The van der Waals surface area contributed by atoms with Crippen LogP contribution >= 0.6 is 11.6 Å². The summed E-state index contributed by atoms with van der Waals surface area (Å²) in [7, 11) is 0. The van der Waals surface area contributed by atoms with Crippen LogP contribution in [0, 0.1) is 0 Å². The molecule has 0 atom stereocenters. The topological polar surface area (TPSA) is 86.6 Å². The Morgan fingerprint density at radius 2 is 1.71 bits per heavy atom. The van der Waals surface area contributed by atoms with Gasteiger partial charge in [0, 0.05) is 26.2 Å². The van der Waals surface area contributed by atoms with E-state index >= 15 is 0 Å². The smallest absolute Gasteiger partial charge is 0.356 e. The number of aromatic nitrogens is 2. The summed E-state index contributed by atoms with van der Waals surface area (Å²) >= 11 is 6.08. The summed E-state index contributed by atoms with van der Waals surface area (Å²) in [6.07, 6.45) is 0. The van der Waals surface area contributed by atoms with Gasteiger partial charge in [-0.15, -0.1) is 10.2 Å². The molecular formula is C16H15ClN4O3. The maximum absolute atomic E-state index is 12.5. The number of benzene rings is 1. The highest BCUT2D eigenvalue weighted by Crippen LogP contribution is 2.19. The van der Waals surface area contributed by atoms with Gasteiger partial charge in [0.25, 0.3) is 5.91 Å². The van der Waals surface area contributed by atoms with Gasteiger partial charge in [0.2, 0.25) is 0 Å². The van der Waals surface area contributed by atoms with E-state index in [-0.39, 0.29) is 11.6 Å². The number of amides is 1. The van der Waals surface area contributed by atoms with E-state index in [0.717, 1.165) is 0 Å². The number of carboxylic acids is 1. The van der Waals surface area contributed by atoms with Gasteiger partial charge in [-0.05, 0) is 24.3 Å². The van der Waals surface area contributed by atoms with Gasteiger partial charge in [0.05, 0.1) is 10.6 Å². The molecule has 8 heteroatoms. The molecule has 0 saturated carbocycles. The Hall–Kier alpha value is -2.67. The van der Waals surface area contributed by atoms with E-state index in [0.29, 0.717) is 42.6 Å². The second kappa shape index (κ2) is 6.84. The van der Waals surface area contributed by atoms with Crippen molar-refractivity contribution in [2.45, 2.75) is 0 Å². The minimum absolute atomic E-state index is 0.0902. The van der Waals surface area contributed by atoms with E-state index in [1.54, 1.807) is 35.2 Å². The Morgan fingerprint density at radius 1 is 1.00 bits per heavy atom. The number of aromatic carboxylic acids is 1. The van der Waals surface area contributed by atoms with Gasteiger partial charge in [-0.2, -0.15) is 0 Å². The van der Waals surface area contributed by atoms with Gasteiger partial charge in [-0.1, -0.05) is 23.7 Å². The molecule has 124 valence electrons. The standard InChI is InChI=1S/C16H15ClN4O3/c17-12-4-2-1-3-11(12)15(22)21-9-7-20(8-10-21)14-6-5-13(16(23)24)18-19-14/h1-6H,7-10H2,(H,23,24). The summed E-state index contributed by atoms with van der Waals surface area (Å²) in [5.74, 6) is -0.596. The van der Waals surface area contributed by atoms with E-state index in [2.05, 4.69) is 10.2 Å². The average molecular weight is 347 g/mol. The van der Waals surface area contributed by atoms with Crippen LogP contribution < -0.4 is 4.90 Å². The molecule has 1 aliphatic rings. The number of piperazine rings is 1. The lowest BCUT2D eigenvalue weighted by atomic mass is 10.2. The van der Waals surface area contributed by atoms with Crippen molar-refractivity contribution in [2.75, 3.05) is 31.1 Å². The third-order valence-electron chi connectivity index (χ3n) is 3.86. The predicted octanol–water partition coefficient (Wildman–Crippen LogP) is 1.79. The quantitative estimate of drug-likeness (QED) is 0.911. The molecule has 1 N–H and O–H groups in total. The minimum Gasteiger partial charge on any atom is -0.476 e. The van der Waals surface area contributed by atoms with Gasteiger partial charge < -0.3 is 14.9 Å². The fourth-order valence-corrected chi connectivity index (χ4v) is 2.77. The molecule has 3 rings (SSSR count). The molecule has 0 bridgehead atoms. The van der Waals surface area contributed by atoms with E-state index in [9.17, 15) is 9.59 Å². The number of carbonyl (C=O) groups excluding carboxylic acids is 1. The number of anilines is 1. The first-order valence-corrected chi connectivity index (χ1v) is 7.80. The molecule has 0 unspecified atom stereocenters. The van der Waals surface area contributed by atoms with Crippen LogP contribution in [-0.4, -0.2) is 58.3 Å². The number of rotatable bonds is 3. The summed E-state index contributed by atoms with van der Waals surface area (Å²) in [5, 5.41) is 16.9. The second-order valence-electron chi connectivity index (χ2n) is 5.34. The SMILES string of the molecule is O=C(O)c1ccc(N2CCN(C(=O)c3ccccc3Cl)CC2)nn1. The highest BCUT2D eigenvalue weighted by atomic mass is 35.5. The van der Waals surface area contributed by atoms with E-state index < -0.39 is 5.97 Å². The minimum atomic E-state index is -1.11. The van der Waals surface area contributed by atoms with E-state index in [4.69, 9.17) is 16.7 Å². The molecule has 2 heterocycles. The zero-order valence-electron chi connectivity index (χ0n) is 12.7. The van der Waals surface area contributed by atoms with Crippen molar-refractivity contribution < 1.29 is 14.7 Å². The van der Waals surface area contributed by atoms with Crippen molar-refractivity contribution in [3.8, 4) is 0 Å². The molecule has 1 amide bonds. The lowest BCUT2D eigenvalue weighted by Gasteiger charge is -2.35. The second-order valence-corrected chi connectivity index (χ2v) is 5.75. The third-order valence-corrected chi connectivity index (χ3v) is 4.19. The molecule has 0 spiro atoms. The monoisotopic (exact) mass is 346 g/mol. The summed E-state index contributed by atoms with van der Waals surface area (Å²) in [6, 6.07) is 10.0. The number of carbonyl (C=O) groups is 2. The van der Waals surface area contributed by atoms with Gasteiger partial charge >= 0.3 is 5.97 Å². The number of carboxylic acid groups (broad SMARTS) is 1. The molecule has 2 aromatic rings. The van der Waals surface area contributed by atoms with Gasteiger partial charge in [-0.25, -0.2) is 4.79 Å². The van der Waals surface area contributed by atoms with Crippen LogP contribution in [0.1, 0.15) is 20.8 Å². The summed E-state index contributed by atoms with van der Waals surface area (Å²) in [4.78, 5) is 27.0. The zero-order valence-corrected chi connectivity index (χ0v) is 13.5. The molecule has 0 radical (unpaired) electrons. The van der Waals surface area contributed by atoms with Crippen LogP contribution in [0.25, 0.3) is 0 Å². The van der Waals surface area contributed by atoms with Gasteiger partial charge in [-0.3, -0.25) is 4.79 Å². The molecule has 1 aromatic heterocycles. The Morgan fingerprint density at radius 3 is 2.29 bits per heavy atom. The zero-order chi connectivity index (χ0) is 17.1. The van der Waals surface area contributed by atoms with Gasteiger partial charge in [0.1, 0.15) is 0 Å². The fraction of sp³-hybridized carbons (Fsp3) is 0.250. The Kier molecular flexibility index (Phi) is 4.61. The Labute approximate surface area is 143 Å². The maximum atomic E-state index is 12.5. The van der Waals surface area contributed by atoms with Crippen molar-refractivity contribution in [1.29, 1.82) is 0 Å². The molecule has 7 nitrogen and oxygen atoms in total. The van der Waals surface area contributed by atoms with Crippen LogP contribution in [0.15, 0.2) is 36.4 Å². The van der Waals surface area contributed by atoms with Crippen LogP contribution in [-0.2, 0) is 0 Å². The first kappa shape index (κ1) is 16.2. The highest BCUT2D eigenvalue weighted by Gasteiger charge is 2.24. The molecule has 1 saturated heterocycles. The number of nitrogens with zero attached hydrogens (tertiary/aromatic N) is 4. The largest absolute Gasteiger partial charge is 0.476 e. The van der Waals surface area contributed by atoms with E-state index in [1.807, 2.05) is 4.90 Å². The molecule has 1 aromatic carbocycles. The van der Waals surface area contributed by atoms with Gasteiger partial charge in [0.15, 0.2) is 11.5 Å². The van der Waals surface area contributed by atoms with Crippen molar-refractivity contribution in [2.24, 2.45) is 0 Å². The fourth-order valence-electron chi connectivity index (χ4n) is 2.55. The number of hydrogen-bond acceptors (Lipinski definition) is 5. The lowest BCUT2D eigenvalue weighted by Crippen LogP contribution is -2.49. The lowest BCUT2D eigenvalue weighted by molar-refractivity contribution is 0.0687. The Bertz CT molecular complexity index is 758. The summed E-state index contributed by atoms with van der Waals surface area (Å²) < 4.78 is 0. The van der Waals surface area contributed by atoms with Crippen LogP contribution in [0.3, 0.4) is 0 Å². The molecule has 24 heavy (non-hydrogen) atoms. The average Bonchev–Trinajstić information content (AvgIpc) is 2.62. The van der Waals surface area contributed by atoms with Crippen molar-refractivity contribution >= 4 is 29.3 Å². The first-order chi connectivity index (χ1) is 11.6. The number of hydrogen-bond donors (Lipinski definition) is 1. The Balaban J connectivity index is 1.64.